The molecule has 1 fully saturated rings. The zero-order valence-corrected chi connectivity index (χ0v) is 15.3. The van der Waals surface area contributed by atoms with Crippen LogP contribution in [-0.4, -0.2) is 37.4 Å². The summed E-state index contributed by atoms with van der Waals surface area (Å²) in [4.78, 5) is 19.2. The summed E-state index contributed by atoms with van der Waals surface area (Å²) in [6.45, 7) is 6.58. The normalized spacial score (nSPS) is 18.4. The van der Waals surface area contributed by atoms with Crippen LogP contribution in [0.3, 0.4) is 0 Å². The lowest BCUT2D eigenvalue weighted by Crippen LogP contribution is -2.38. The quantitative estimate of drug-likeness (QED) is 0.920. The summed E-state index contributed by atoms with van der Waals surface area (Å²) < 4.78 is 6.86. The number of urea groups is 1. The summed E-state index contributed by atoms with van der Waals surface area (Å²) in [6, 6.07) is -0.289. The predicted octanol–water partition coefficient (Wildman–Crippen LogP) is 3.38. The minimum Gasteiger partial charge on any atom is -0.340 e. The highest BCUT2D eigenvalue weighted by atomic mass is 16.5. The first-order valence-corrected chi connectivity index (χ1v) is 8.87. The molecule has 8 heteroatoms. The van der Waals surface area contributed by atoms with Crippen molar-refractivity contribution in [3.63, 3.8) is 0 Å². The first kappa shape index (κ1) is 17.4. The molecule has 8 nitrogen and oxygen atoms in total. The van der Waals surface area contributed by atoms with E-state index < -0.39 is 0 Å². The van der Waals surface area contributed by atoms with Gasteiger partial charge in [-0.1, -0.05) is 31.8 Å². The van der Waals surface area contributed by atoms with Gasteiger partial charge in [-0.05, 0) is 18.8 Å². The van der Waals surface area contributed by atoms with Gasteiger partial charge in [-0.15, -0.1) is 0 Å². The Morgan fingerprint density at radius 2 is 2.16 bits per heavy atom. The average molecular weight is 346 g/mol. The number of amides is 2. The lowest BCUT2D eigenvalue weighted by atomic mass is 10.1. The fourth-order valence-electron chi connectivity index (χ4n) is 3.29. The van der Waals surface area contributed by atoms with E-state index >= 15 is 0 Å². The highest BCUT2D eigenvalue weighted by molar-refractivity contribution is 5.90. The molecular weight excluding hydrogens is 320 g/mol. The van der Waals surface area contributed by atoms with E-state index in [1.807, 2.05) is 18.1 Å². The van der Waals surface area contributed by atoms with Crippen LogP contribution in [0.1, 0.15) is 68.9 Å². The van der Waals surface area contributed by atoms with Gasteiger partial charge in [0.15, 0.2) is 5.82 Å². The lowest BCUT2D eigenvalue weighted by molar-refractivity contribution is 0.184. The zero-order chi connectivity index (χ0) is 18.0. The standard InChI is InChI=1S/C17H26N6O2/c1-11(2)15-13(10-22(4)20-15)19-17(24)23-9-7-5-6-8-14(23)16-18-12(3)25-21-16/h10-11,14H,5-9H2,1-4H3,(H,19,24)/t14-/m0/s1. The Morgan fingerprint density at radius 1 is 1.36 bits per heavy atom. The van der Waals surface area contributed by atoms with Gasteiger partial charge in [-0.3, -0.25) is 4.68 Å². The topological polar surface area (TPSA) is 89.1 Å². The number of carbonyl (C=O) groups excluding carboxylic acids is 1. The van der Waals surface area contributed by atoms with Crippen LogP contribution in [0.2, 0.25) is 0 Å². The molecule has 0 unspecified atom stereocenters. The van der Waals surface area contributed by atoms with Crippen LogP contribution in [0.25, 0.3) is 0 Å². The fraction of sp³-hybridized carbons (Fsp3) is 0.647. The van der Waals surface area contributed by atoms with Gasteiger partial charge in [0.25, 0.3) is 0 Å². The minimum absolute atomic E-state index is 0.135. The van der Waals surface area contributed by atoms with E-state index in [0.29, 0.717) is 18.3 Å². The van der Waals surface area contributed by atoms with E-state index in [-0.39, 0.29) is 18.0 Å². The second kappa shape index (κ2) is 7.25. The van der Waals surface area contributed by atoms with Gasteiger partial charge in [-0.2, -0.15) is 10.1 Å². The number of nitrogens with one attached hydrogen (secondary N) is 1. The molecule has 0 bridgehead atoms. The third-order valence-corrected chi connectivity index (χ3v) is 4.50. The van der Waals surface area contributed by atoms with Gasteiger partial charge in [0.2, 0.25) is 5.89 Å². The van der Waals surface area contributed by atoms with Crippen molar-refractivity contribution in [1.29, 1.82) is 0 Å². The highest BCUT2D eigenvalue weighted by Gasteiger charge is 2.31. The highest BCUT2D eigenvalue weighted by Crippen LogP contribution is 2.30. The van der Waals surface area contributed by atoms with E-state index in [1.54, 1.807) is 11.6 Å². The van der Waals surface area contributed by atoms with E-state index in [0.717, 1.165) is 37.1 Å². The number of hydrogen-bond acceptors (Lipinski definition) is 5. The van der Waals surface area contributed by atoms with Crippen LogP contribution >= 0.6 is 0 Å². The summed E-state index contributed by atoms with van der Waals surface area (Å²) >= 11 is 0. The third kappa shape index (κ3) is 3.83. The molecule has 0 aliphatic carbocycles. The van der Waals surface area contributed by atoms with E-state index in [4.69, 9.17) is 4.52 Å². The van der Waals surface area contributed by atoms with E-state index in [9.17, 15) is 4.79 Å². The number of aromatic nitrogens is 4. The van der Waals surface area contributed by atoms with Crippen LogP contribution in [0, 0.1) is 6.92 Å². The van der Waals surface area contributed by atoms with Gasteiger partial charge in [0.1, 0.15) is 0 Å². The molecular formula is C17H26N6O2. The Bertz CT molecular complexity index is 735. The molecule has 0 radical (unpaired) electrons. The van der Waals surface area contributed by atoms with Crippen molar-refractivity contribution in [1.82, 2.24) is 24.8 Å². The molecule has 1 aliphatic rings. The van der Waals surface area contributed by atoms with Gasteiger partial charge >= 0.3 is 6.03 Å². The predicted molar refractivity (Wildman–Crippen MR) is 93.3 cm³/mol. The fourth-order valence-corrected chi connectivity index (χ4v) is 3.29. The van der Waals surface area contributed by atoms with Crippen LogP contribution in [-0.2, 0) is 7.05 Å². The van der Waals surface area contributed by atoms with Gasteiger partial charge in [0, 0.05) is 26.7 Å². The number of rotatable bonds is 3. The van der Waals surface area contributed by atoms with Crippen LogP contribution in [0.15, 0.2) is 10.7 Å². The molecule has 2 aromatic rings. The second-order valence-electron chi connectivity index (χ2n) is 6.92. The molecule has 1 saturated heterocycles. The van der Waals surface area contributed by atoms with E-state index in [1.165, 1.54) is 0 Å². The molecule has 3 heterocycles. The molecule has 1 aliphatic heterocycles. The number of aryl methyl sites for hydroxylation is 2. The molecule has 1 atom stereocenters. The summed E-state index contributed by atoms with van der Waals surface area (Å²) in [6.07, 6.45) is 5.81. The number of nitrogens with zero attached hydrogens (tertiary/aromatic N) is 5. The molecule has 2 amide bonds. The molecule has 2 aromatic heterocycles. The Morgan fingerprint density at radius 3 is 2.84 bits per heavy atom. The van der Waals surface area contributed by atoms with Crippen molar-refractivity contribution in [2.24, 2.45) is 7.05 Å². The number of carbonyl (C=O) groups is 1. The number of anilines is 1. The summed E-state index contributed by atoms with van der Waals surface area (Å²) in [5.74, 6) is 1.34. The summed E-state index contributed by atoms with van der Waals surface area (Å²) in [5.41, 5.74) is 1.65. The monoisotopic (exact) mass is 346 g/mol. The number of likely N-dealkylation sites (tertiary alicyclic amines) is 1. The minimum atomic E-state index is -0.154. The molecule has 3 rings (SSSR count). The maximum atomic E-state index is 13.0. The van der Waals surface area contributed by atoms with Gasteiger partial charge < -0.3 is 14.7 Å². The van der Waals surface area contributed by atoms with Crippen molar-refractivity contribution < 1.29 is 9.32 Å². The Balaban J connectivity index is 1.83. The molecule has 136 valence electrons. The molecule has 1 N–H and O–H groups in total. The van der Waals surface area contributed by atoms with E-state index in [2.05, 4.69) is 34.4 Å². The maximum absolute atomic E-state index is 13.0. The third-order valence-electron chi connectivity index (χ3n) is 4.50. The van der Waals surface area contributed by atoms with Crippen molar-refractivity contribution in [2.75, 3.05) is 11.9 Å². The Hall–Kier alpha value is -2.38. The first-order chi connectivity index (χ1) is 12.0. The first-order valence-electron chi connectivity index (χ1n) is 8.87. The molecule has 0 aromatic carbocycles. The van der Waals surface area contributed by atoms with Crippen LogP contribution in [0.5, 0.6) is 0 Å². The van der Waals surface area contributed by atoms with Crippen molar-refractivity contribution in [3.8, 4) is 0 Å². The second-order valence-corrected chi connectivity index (χ2v) is 6.92. The Labute approximate surface area is 147 Å². The van der Waals surface area contributed by atoms with Crippen molar-refractivity contribution in [3.05, 3.63) is 23.6 Å². The largest absolute Gasteiger partial charge is 0.340 e. The summed E-state index contributed by atoms with van der Waals surface area (Å²) in [7, 11) is 1.86. The Kier molecular flexibility index (Phi) is 5.06. The van der Waals surface area contributed by atoms with Crippen LogP contribution < -0.4 is 5.32 Å². The molecule has 0 spiro atoms. The molecule has 0 saturated carbocycles. The average Bonchev–Trinajstić information content (AvgIpc) is 3.04. The number of hydrogen-bond donors (Lipinski definition) is 1. The maximum Gasteiger partial charge on any atom is 0.322 e. The zero-order valence-electron chi connectivity index (χ0n) is 15.3. The van der Waals surface area contributed by atoms with Gasteiger partial charge in [0.05, 0.1) is 17.4 Å². The van der Waals surface area contributed by atoms with Crippen LogP contribution in [0.4, 0.5) is 10.5 Å². The molecule has 25 heavy (non-hydrogen) atoms. The lowest BCUT2D eigenvalue weighted by Gasteiger charge is -2.28. The summed E-state index contributed by atoms with van der Waals surface area (Å²) in [5, 5.41) is 11.5. The van der Waals surface area contributed by atoms with Gasteiger partial charge in [-0.25, -0.2) is 4.79 Å². The SMILES string of the molecule is Cc1nc([C@@H]2CCCCCN2C(=O)Nc2cn(C)nc2C(C)C)no1. The van der Waals surface area contributed by atoms with Crippen molar-refractivity contribution in [2.45, 2.75) is 58.4 Å². The smallest absolute Gasteiger partial charge is 0.322 e. The van der Waals surface area contributed by atoms with Crippen molar-refractivity contribution >= 4 is 11.7 Å².